The fourth-order valence-corrected chi connectivity index (χ4v) is 3.35. The number of anilines is 1. The van der Waals surface area contributed by atoms with Crippen LogP contribution in [0.4, 0.5) is 5.69 Å². The molecule has 3 nitrogen and oxygen atoms in total. The van der Waals surface area contributed by atoms with E-state index in [1.54, 1.807) is 0 Å². The van der Waals surface area contributed by atoms with Crippen LogP contribution >= 0.6 is 0 Å². The van der Waals surface area contributed by atoms with Crippen molar-refractivity contribution in [3.63, 3.8) is 0 Å². The summed E-state index contributed by atoms with van der Waals surface area (Å²) in [5.74, 6) is 0. The standard InChI is InChI=1S/C14H21N3/c1-16-8-4-14(12-16)5-9-17(10-6-14)13-3-2-7-15-11-13/h2-3,7,11H,4-6,8-10,12H2,1H3. The van der Waals surface area contributed by atoms with Gasteiger partial charge in [0.05, 0.1) is 11.9 Å². The Morgan fingerprint density at radius 2 is 1.94 bits per heavy atom. The molecule has 0 unspecified atom stereocenters. The van der Waals surface area contributed by atoms with Gasteiger partial charge in [-0.05, 0) is 50.4 Å². The van der Waals surface area contributed by atoms with E-state index < -0.39 is 0 Å². The first kappa shape index (κ1) is 11.0. The molecule has 17 heavy (non-hydrogen) atoms. The molecule has 3 heterocycles. The Morgan fingerprint density at radius 1 is 1.18 bits per heavy atom. The van der Waals surface area contributed by atoms with Crippen LogP contribution in [0.2, 0.25) is 0 Å². The molecule has 3 rings (SSSR count). The zero-order valence-corrected chi connectivity index (χ0v) is 10.6. The molecule has 2 aliphatic heterocycles. The molecule has 92 valence electrons. The van der Waals surface area contributed by atoms with Gasteiger partial charge in [0.25, 0.3) is 0 Å². The Bertz CT molecular complexity index is 368. The lowest BCUT2D eigenvalue weighted by molar-refractivity contribution is 0.222. The molecule has 1 aromatic rings. The van der Waals surface area contributed by atoms with E-state index in [2.05, 4.69) is 27.9 Å². The smallest absolute Gasteiger partial charge is 0.0552 e. The van der Waals surface area contributed by atoms with E-state index in [0.29, 0.717) is 5.41 Å². The molecule has 0 amide bonds. The first-order chi connectivity index (χ1) is 8.27. The lowest BCUT2D eigenvalue weighted by atomic mass is 9.77. The van der Waals surface area contributed by atoms with Gasteiger partial charge in [0.1, 0.15) is 0 Å². The predicted octanol–water partition coefficient (Wildman–Crippen LogP) is 2.00. The van der Waals surface area contributed by atoms with Crippen LogP contribution in [0.15, 0.2) is 24.5 Å². The number of piperidine rings is 1. The van der Waals surface area contributed by atoms with Gasteiger partial charge in [-0.15, -0.1) is 0 Å². The molecule has 3 heteroatoms. The highest BCUT2D eigenvalue weighted by Gasteiger charge is 2.39. The quantitative estimate of drug-likeness (QED) is 0.737. The van der Waals surface area contributed by atoms with Gasteiger partial charge in [-0.2, -0.15) is 0 Å². The highest BCUT2D eigenvalue weighted by atomic mass is 15.2. The monoisotopic (exact) mass is 231 g/mol. The number of pyridine rings is 1. The van der Waals surface area contributed by atoms with Crippen LogP contribution in [0.25, 0.3) is 0 Å². The first-order valence-electron chi connectivity index (χ1n) is 6.61. The van der Waals surface area contributed by atoms with Gasteiger partial charge in [-0.1, -0.05) is 0 Å². The highest BCUT2D eigenvalue weighted by molar-refractivity contribution is 5.44. The minimum absolute atomic E-state index is 0.619. The predicted molar refractivity (Wildman–Crippen MR) is 70.2 cm³/mol. The molecule has 1 spiro atoms. The Labute approximate surface area is 103 Å². The van der Waals surface area contributed by atoms with E-state index in [9.17, 15) is 0 Å². The van der Waals surface area contributed by atoms with Gasteiger partial charge in [-0.3, -0.25) is 4.98 Å². The second-order valence-corrected chi connectivity index (χ2v) is 5.69. The van der Waals surface area contributed by atoms with E-state index in [1.165, 1.54) is 51.1 Å². The summed E-state index contributed by atoms with van der Waals surface area (Å²) in [4.78, 5) is 9.18. The zero-order chi connectivity index (χ0) is 11.7. The van der Waals surface area contributed by atoms with Crippen LogP contribution in [-0.2, 0) is 0 Å². The Kier molecular flexibility index (Phi) is 2.79. The Hall–Kier alpha value is -1.09. The molecule has 2 aliphatic rings. The Balaban J connectivity index is 1.65. The minimum atomic E-state index is 0.619. The van der Waals surface area contributed by atoms with E-state index in [0.717, 1.165) is 0 Å². The molecule has 0 atom stereocenters. The van der Waals surface area contributed by atoms with Gasteiger partial charge in [-0.25, -0.2) is 0 Å². The lowest BCUT2D eigenvalue weighted by Crippen LogP contribution is -2.41. The van der Waals surface area contributed by atoms with E-state index >= 15 is 0 Å². The number of rotatable bonds is 1. The molecule has 0 saturated carbocycles. The average molecular weight is 231 g/mol. The van der Waals surface area contributed by atoms with Gasteiger partial charge < -0.3 is 9.80 Å². The topological polar surface area (TPSA) is 19.4 Å². The molecule has 2 fully saturated rings. The van der Waals surface area contributed by atoms with Gasteiger partial charge in [0.2, 0.25) is 0 Å². The average Bonchev–Trinajstić information content (AvgIpc) is 2.73. The maximum Gasteiger partial charge on any atom is 0.0552 e. The fraction of sp³-hybridized carbons (Fsp3) is 0.643. The molecule has 1 aromatic heterocycles. The number of nitrogens with zero attached hydrogens (tertiary/aromatic N) is 3. The van der Waals surface area contributed by atoms with Crippen LogP contribution in [0, 0.1) is 5.41 Å². The van der Waals surface area contributed by atoms with Gasteiger partial charge in [0, 0.05) is 25.8 Å². The highest BCUT2D eigenvalue weighted by Crippen LogP contribution is 2.40. The molecule has 0 aliphatic carbocycles. The third-order valence-corrected chi connectivity index (χ3v) is 4.46. The second kappa shape index (κ2) is 4.30. The number of hydrogen-bond acceptors (Lipinski definition) is 3. The van der Waals surface area contributed by atoms with Crippen molar-refractivity contribution in [1.82, 2.24) is 9.88 Å². The molecular weight excluding hydrogens is 210 g/mol. The van der Waals surface area contributed by atoms with Crippen molar-refractivity contribution in [3.8, 4) is 0 Å². The Morgan fingerprint density at radius 3 is 2.53 bits per heavy atom. The van der Waals surface area contributed by atoms with Gasteiger partial charge in [0.15, 0.2) is 0 Å². The molecule has 0 bridgehead atoms. The number of hydrogen-bond donors (Lipinski definition) is 0. The minimum Gasteiger partial charge on any atom is -0.370 e. The van der Waals surface area contributed by atoms with Crippen molar-refractivity contribution in [2.24, 2.45) is 5.41 Å². The van der Waals surface area contributed by atoms with Crippen molar-refractivity contribution in [2.45, 2.75) is 19.3 Å². The molecule has 2 saturated heterocycles. The summed E-state index contributed by atoms with van der Waals surface area (Å²) in [5, 5.41) is 0. The summed E-state index contributed by atoms with van der Waals surface area (Å²) in [5.41, 5.74) is 1.90. The molecular formula is C14H21N3. The SMILES string of the molecule is CN1CCC2(CCN(c3cccnc3)CC2)C1. The molecule has 0 N–H and O–H groups in total. The van der Waals surface area contributed by atoms with Crippen LogP contribution in [0.1, 0.15) is 19.3 Å². The zero-order valence-electron chi connectivity index (χ0n) is 10.6. The van der Waals surface area contributed by atoms with Crippen molar-refractivity contribution < 1.29 is 0 Å². The molecule has 0 radical (unpaired) electrons. The lowest BCUT2D eigenvalue weighted by Gasteiger charge is -2.40. The normalized spacial score (nSPS) is 24.4. The third kappa shape index (κ3) is 2.16. The molecule has 0 aromatic carbocycles. The largest absolute Gasteiger partial charge is 0.370 e. The van der Waals surface area contributed by atoms with Crippen LogP contribution in [-0.4, -0.2) is 43.1 Å². The van der Waals surface area contributed by atoms with Crippen LogP contribution < -0.4 is 4.90 Å². The summed E-state index contributed by atoms with van der Waals surface area (Å²) in [6, 6.07) is 4.20. The first-order valence-corrected chi connectivity index (χ1v) is 6.61. The summed E-state index contributed by atoms with van der Waals surface area (Å²) in [6.07, 6.45) is 7.91. The number of aromatic nitrogens is 1. The summed E-state index contributed by atoms with van der Waals surface area (Å²) in [7, 11) is 2.25. The van der Waals surface area contributed by atoms with Crippen molar-refractivity contribution in [1.29, 1.82) is 0 Å². The van der Waals surface area contributed by atoms with E-state index in [4.69, 9.17) is 0 Å². The summed E-state index contributed by atoms with van der Waals surface area (Å²) >= 11 is 0. The maximum absolute atomic E-state index is 4.21. The van der Waals surface area contributed by atoms with Crippen molar-refractivity contribution in [2.75, 3.05) is 38.1 Å². The van der Waals surface area contributed by atoms with E-state index in [1.807, 2.05) is 18.5 Å². The number of likely N-dealkylation sites (tertiary alicyclic amines) is 1. The van der Waals surface area contributed by atoms with Crippen molar-refractivity contribution in [3.05, 3.63) is 24.5 Å². The van der Waals surface area contributed by atoms with Crippen LogP contribution in [0.3, 0.4) is 0 Å². The second-order valence-electron chi connectivity index (χ2n) is 5.69. The fourth-order valence-electron chi connectivity index (χ4n) is 3.35. The van der Waals surface area contributed by atoms with Crippen molar-refractivity contribution >= 4 is 5.69 Å². The van der Waals surface area contributed by atoms with E-state index in [-0.39, 0.29) is 0 Å². The maximum atomic E-state index is 4.21. The van der Waals surface area contributed by atoms with Gasteiger partial charge >= 0.3 is 0 Å². The summed E-state index contributed by atoms with van der Waals surface area (Å²) < 4.78 is 0. The third-order valence-electron chi connectivity index (χ3n) is 4.46. The summed E-state index contributed by atoms with van der Waals surface area (Å²) in [6.45, 7) is 4.97. The van der Waals surface area contributed by atoms with Crippen LogP contribution in [0.5, 0.6) is 0 Å².